The lowest BCUT2D eigenvalue weighted by Crippen LogP contribution is -2.60. The van der Waals surface area contributed by atoms with Gasteiger partial charge in [-0.15, -0.1) is 0 Å². The van der Waals surface area contributed by atoms with E-state index in [1.54, 1.807) is 0 Å². The summed E-state index contributed by atoms with van der Waals surface area (Å²) in [6.07, 6.45) is 4.25. The van der Waals surface area contributed by atoms with E-state index < -0.39 is 20.2 Å². The first kappa shape index (κ1) is 21.8. The van der Waals surface area contributed by atoms with Crippen molar-refractivity contribution in [2.24, 2.45) is 5.92 Å². The number of allylic oxidation sites excluding steroid dienone is 2. The topological polar surface area (TPSA) is 47.9 Å². The van der Waals surface area contributed by atoms with Gasteiger partial charge in [0.1, 0.15) is 6.10 Å². The van der Waals surface area contributed by atoms with Crippen molar-refractivity contribution in [2.45, 2.75) is 97.1 Å². The SMILES string of the molecule is CC1=C[C@H](CO[Si](C)(C)C(C)(C)C)C2(O[C@H](C)C[C@H](C)O2)[C@H](O)C(C)=C1. The molecule has 1 fully saturated rings. The van der Waals surface area contributed by atoms with Crippen molar-refractivity contribution in [1.82, 2.24) is 0 Å². The molecule has 150 valence electrons. The molecule has 0 radical (unpaired) electrons. The van der Waals surface area contributed by atoms with Crippen LogP contribution in [-0.4, -0.2) is 44.1 Å². The fourth-order valence-corrected chi connectivity index (χ4v) is 4.67. The fraction of sp³-hybridized carbons (Fsp3) is 0.810. The van der Waals surface area contributed by atoms with E-state index in [1.165, 1.54) is 0 Å². The van der Waals surface area contributed by atoms with Gasteiger partial charge in [-0.05, 0) is 57.8 Å². The van der Waals surface area contributed by atoms with Crippen LogP contribution in [0.15, 0.2) is 23.3 Å². The average molecular weight is 383 g/mol. The number of hydrogen-bond acceptors (Lipinski definition) is 4. The minimum atomic E-state index is -1.92. The van der Waals surface area contributed by atoms with E-state index in [4.69, 9.17) is 13.9 Å². The van der Waals surface area contributed by atoms with Crippen molar-refractivity contribution < 1.29 is 19.0 Å². The number of hydrogen-bond donors (Lipinski definition) is 1. The van der Waals surface area contributed by atoms with E-state index >= 15 is 0 Å². The van der Waals surface area contributed by atoms with Gasteiger partial charge in [-0.1, -0.05) is 38.5 Å². The zero-order valence-corrected chi connectivity index (χ0v) is 19.1. The minimum absolute atomic E-state index is 0.0309. The molecule has 0 aromatic carbocycles. The molecule has 1 aliphatic heterocycles. The predicted molar refractivity (Wildman–Crippen MR) is 109 cm³/mol. The van der Waals surface area contributed by atoms with E-state index in [2.05, 4.69) is 60.7 Å². The van der Waals surface area contributed by atoms with Gasteiger partial charge in [0, 0.05) is 6.61 Å². The maximum Gasteiger partial charge on any atom is 0.207 e. The van der Waals surface area contributed by atoms with Gasteiger partial charge >= 0.3 is 0 Å². The molecule has 0 amide bonds. The van der Waals surface area contributed by atoms with Crippen LogP contribution in [0.5, 0.6) is 0 Å². The molecule has 5 atom stereocenters. The molecule has 0 aromatic heterocycles. The summed E-state index contributed by atoms with van der Waals surface area (Å²) >= 11 is 0. The van der Waals surface area contributed by atoms with Crippen LogP contribution in [0.2, 0.25) is 18.1 Å². The summed E-state index contributed by atoms with van der Waals surface area (Å²) in [5.74, 6) is -1.25. The van der Waals surface area contributed by atoms with Crippen LogP contribution >= 0.6 is 0 Å². The zero-order valence-electron chi connectivity index (χ0n) is 18.1. The lowest BCUT2D eigenvalue weighted by Gasteiger charge is -2.49. The van der Waals surface area contributed by atoms with E-state index in [1.807, 2.05) is 13.0 Å². The lowest BCUT2D eigenvalue weighted by molar-refractivity contribution is -0.357. The second-order valence-corrected chi connectivity index (χ2v) is 14.5. The van der Waals surface area contributed by atoms with Crippen LogP contribution in [0.25, 0.3) is 0 Å². The van der Waals surface area contributed by atoms with Gasteiger partial charge in [0.15, 0.2) is 8.32 Å². The van der Waals surface area contributed by atoms with E-state index in [9.17, 15) is 5.11 Å². The molecular formula is C21H38O4Si. The number of rotatable bonds is 3. The summed E-state index contributed by atoms with van der Waals surface area (Å²) in [6, 6.07) is 0. The summed E-state index contributed by atoms with van der Waals surface area (Å²) in [7, 11) is -1.92. The molecule has 0 bridgehead atoms. The molecule has 26 heavy (non-hydrogen) atoms. The first-order valence-electron chi connectivity index (χ1n) is 9.83. The Labute approximate surface area is 160 Å². The van der Waals surface area contributed by atoms with Crippen molar-refractivity contribution in [2.75, 3.05) is 6.61 Å². The first-order valence-corrected chi connectivity index (χ1v) is 12.7. The Morgan fingerprint density at radius 3 is 2.23 bits per heavy atom. The Hall–Kier alpha value is -0.463. The molecule has 2 rings (SSSR count). The summed E-state index contributed by atoms with van der Waals surface area (Å²) in [5, 5.41) is 11.3. The summed E-state index contributed by atoms with van der Waals surface area (Å²) < 4.78 is 19.2. The highest BCUT2D eigenvalue weighted by atomic mass is 28.4. The van der Waals surface area contributed by atoms with Crippen LogP contribution in [-0.2, 0) is 13.9 Å². The van der Waals surface area contributed by atoms with Crippen molar-refractivity contribution >= 4 is 8.32 Å². The third-order valence-corrected chi connectivity index (χ3v) is 10.6. The van der Waals surface area contributed by atoms with Crippen molar-refractivity contribution in [3.63, 3.8) is 0 Å². The fourth-order valence-electron chi connectivity index (χ4n) is 3.64. The Morgan fingerprint density at radius 2 is 1.73 bits per heavy atom. The highest BCUT2D eigenvalue weighted by molar-refractivity contribution is 6.74. The smallest absolute Gasteiger partial charge is 0.207 e. The van der Waals surface area contributed by atoms with Crippen molar-refractivity contribution in [3.05, 3.63) is 23.3 Å². The Morgan fingerprint density at radius 1 is 1.19 bits per heavy atom. The van der Waals surface area contributed by atoms with Gasteiger partial charge in [-0.2, -0.15) is 0 Å². The van der Waals surface area contributed by atoms with E-state index in [0.29, 0.717) is 6.61 Å². The van der Waals surface area contributed by atoms with Gasteiger partial charge in [0.05, 0.1) is 18.1 Å². The second-order valence-electron chi connectivity index (χ2n) is 9.69. The quantitative estimate of drug-likeness (QED) is 0.712. The second kappa shape index (κ2) is 7.51. The molecule has 1 spiro atoms. The molecule has 1 saturated heterocycles. The molecule has 1 aliphatic carbocycles. The van der Waals surface area contributed by atoms with Crippen LogP contribution in [0, 0.1) is 5.92 Å². The first-order chi connectivity index (χ1) is 11.8. The molecule has 1 heterocycles. The lowest BCUT2D eigenvalue weighted by atomic mass is 9.89. The van der Waals surface area contributed by atoms with Gasteiger partial charge in [0.2, 0.25) is 5.79 Å². The summed E-state index contributed by atoms with van der Waals surface area (Å²) in [5.41, 5.74) is 1.98. The van der Waals surface area contributed by atoms with Gasteiger partial charge in [-0.3, -0.25) is 0 Å². The molecule has 4 nitrogen and oxygen atoms in total. The van der Waals surface area contributed by atoms with Crippen LogP contribution in [0.4, 0.5) is 0 Å². The van der Waals surface area contributed by atoms with E-state index in [-0.39, 0.29) is 23.2 Å². The molecule has 5 heteroatoms. The van der Waals surface area contributed by atoms with Crippen LogP contribution in [0.3, 0.4) is 0 Å². The number of ether oxygens (including phenoxy) is 2. The van der Waals surface area contributed by atoms with E-state index in [0.717, 1.165) is 17.6 Å². The molecule has 0 saturated carbocycles. The van der Waals surface area contributed by atoms with Crippen molar-refractivity contribution in [3.8, 4) is 0 Å². The van der Waals surface area contributed by atoms with Crippen LogP contribution < -0.4 is 0 Å². The standard InChI is InChI=1S/C21H38O4Si/c1-14-10-15(2)19(22)21(24-16(3)12-17(4)25-21)18(11-14)13-23-26(8,9)20(5,6)7/h10-11,16-19,22H,12-13H2,1-9H3/t16-,17+,18-,19-,21?/m1/s1. The third kappa shape index (κ3) is 4.33. The molecule has 1 unspecified atom stereocenters. The normalized spacial score (nSPS) is 36.5. The Kier molecular flexibility index (Phi) is 6.31. The number of aliphatic hydroxyl groups is 1. The van der Waals surface area contributed by atoms with Crippen molar-refractivity contribution in [1.29, 1.82) is 0 Å². The minimum Gasteiger partial charge on any atom is -0.416 e. The molecule has 2 aliphatic rings. The zero-order chi connectivity index (χ0) is 19.9. The third-order valence-electron chi connectivity index (χ3n) is 6.11. The Balaban J connectivity index is 2.38. The molecular weight excluding hydrogens is 344 g/mol. The van der Waals surface area contributed by atoms with Gasteiger partial charge in [-0.25, -0.2) is 0 Å². The monoisotopic (exact) mass is 382 g/mol. The summed E-state index contributed by atoms with van der Waals surface area (Å²) in [4.78, 5) is 0. The van der Waals surface area contributed by atoms with Crippen LogP contribution in [0.1, 0.15) is 54.9 Å². The Bertz CT molecular complexity index is 563. The maximum absolute atomic E-state index is 11.2. The highest BCUT2D eigenvalue weighted by Gasteiger charge is 2.53. The maximum atomic E-state index is 11.2. The average Bonchev–Trinajstić information content (AvgIpc) is 2.54. The van der Waals surface area contributed by atoms with Gasteiger partial charge in [0.25, 0.3) is 0 Å². The molecule has 0 aromatic rings. The predicted octanol–water partition coefficient (Wildman–Crippen LogP) is 4.80. The highest BCUT2D eigenvalue weighted by Crippen LogP contribution is 2.43. The van der Waals surface area contributed by atoms with Gasteiger partial charge < -0.3 is 19.0 Å². The summed E-state index contributed by atoms with van der Waals surface area (Å²) in [6.45, 7) is 19.8. The largest absolute Gasteiger partial charge is 0.416 e. The molecule has 1 N–H and O–H groups in total. The number of aliphatic hydroxyl groups excluding tert-OH is 1.